The molecule has 6 heteroatoms. The van der Waals surface area contributed by atoms with E-state index in [0.29, 0.717) is 29.1 Å². The van der Waals surface area contributed by atoms with E-state index >= 15 is 0 Å². The van der Waals surface area contributed by atoms with Gasteiger partial charge in [-0.05, 0) is 31.5 Å². The quantitative estimate of drug-likeness (QED) is 0.592. The van der Waals surface area contributed by atoms with Crippen LogP contribution in [-0.4, -0.2) is 14.8 Å². The zero-order valence-electron chi connectivity index (χ0n) is 13.5. The van der Waals surface area contributed by atoms with E-state index in [2.05, 4.69) is 35.2 Å². The van der Waals surface area contributed by atoms with Gasteiger partial charge < -0.3 is 9.30 Å². The molecule has 0 radical (unpaired) electrons. The summed E-state index contributed by atoms with van der Waals surface area (Å²) in [5.74, 6) is 0.483. The summed E-state index contributed by atoms with van der Waals surface area (Å²) in [4.78, 5) is 0. The average Bonchev–Trinajstić information content (AvgIpc) is 2.80. The Morgan fingerprint density at radius 3 is 2.79 bits per heavy atom. The molecule has 0 aliphatic heterocycles. The number of hydrogen-bond acceptors (Lipinski definition) is 3. The van der Waals surface area contributed by atoms with Crippen molar-refractivity contribution in [1.82, 2.24) is 14.8 Å². The first-order valence-corrected chi connectivity index (χ1v) is 8.27. The number of aromatic nitrogens is 3. The molecule has 0 bridgehead atoms. The fourth-order valence-corrected chi connectivity index (χ4v) is 3.17. The lowest BCUT2D eigenvalue weighted by atomic mass is 10.2. The highest BCUT2D eigenvalue weighted by Crippen LogP contribution is 2.31. The molecule has 3 rings (SSSR count). The van der Waals surface area contributed by atoms with Gasteiger partial charge in [0.25, 0.3) is 5.88 Å². The number of hydrogen-bond donors (Lipinski definition) is 0. The van der Waals surface area contributed by atoms with E-state index in [9.17, 15) is 0 Å². The third-order valence-electron chi connectivity index (χ3n) is 4.11. The second-order valence-electron chi connectivity index (χ2n) is 5.55. The van der Waals surface area contributed by atoms with Crippen molar-refractivity contribution in [3.8, 4) is 5.88 Å². The topological polar surface area (TPSA) is 39.9 Å². The van der Waals surface area contributed by atoms with Crippen LogP contribution in [-0.2, 0) is 13.2 Å². The number of rotatable bonds is 5. The minimum atomic E-state index is 0.293. The monoisotopic (exact) mass is 361 g/mol. The van der Waals surface area contributed by atoms with Gasteiger partial charge >= 0.3 is 0 Å². The molecule has 24 heavy (non-hydrogen) atoms. The lowest BCUT2D eigenvalue weighted by Gasteiger charge is -2.10. The van der Waals surface area contributed by atoms with Gasteiger partial charge in [0.05, 0.1) is 6.20 Å². The molecular formula is C18H17Cl2N3O. The van der Waals surface area contributed by atoms with Crippen molar-refractivity contribution >= 4 is 34.1 Å². The Morgan fingerprint density at radius 1 is 1.29 bits per heavy atom. The van der Waals surface area contributed by atoms with Crippen LogP contribution < -0.4 is 4.74 Å². The maximum Gasteiger partial charge on any atom is 0.258 e. The standard InChI is InChI=1S/C18H17Cl2N3O/c1-4-7-23-12(3)11(2)15-9-21-22-18(17(15)23)24-10-13-5-6-14(19)8-16(13)20/h4-6,8-9H,1,7,10H2,2-3H3. The van der Waals surface area contributed by atoms with Crippen molar-refractivity contribution in [2.24, 2.45) is 0 Å². The Hall–Kier alpha value is -2.04. The molecule has 4 nitrogen and oxygen atoms in total. The number of allylic oxidation sites excluding steroid dienone is 1. The first-order valence-electron chi connectivity index (χ1n) is 7.51. The van der Waals surface area contributed by atoms with Gasteiger partial charge in [-0.3, -0.25) is 0 Å². The van der Waals surface area contributed by atoms with Crippen LogP contribution in [0.15, 0.2) is 37.1 Å². The van der Waals surface area contributed by atoms with Crippen LogP contribution in [0.25, 0.3) is 10.9 Å². The largest absolute Gasteiger partial charge is 0.470 e. The molecule has 1 aromatic carbocycles. The molecule has 0 N–H and O–H groups in total. The molecule has 0 saturated carbocycles. The van der Waals surface area contributed by atoms with E-state index in [4.69, 9.17) is 27.9 Å². The summed E-state index contributed by atoms with van der Waals surface area (Å²) in [5.41, 5.74) is 4.07. The highest BCUT2D eigenvalue weighted by Gasteiger charge is 2.16. The summed E-state index contributed by atoms with van der Waals surface area (Å²) in [6.45, 7) is 8.94. The summed E-state index contributed by atoms with van der Waals surface area (Å²) in [6.07, 6.45) is 3.62. The normalized spacial score (nSPS) is 11.0. The number of aryl methyl sites for hydroxylation is 1. The number of nitrogens with zero attached hydrogens (tertiary/aromatic N) is 3. The van der Waals surface area contributed by atoms with Crippen molar-refractivity contribution in [3.05, 3.63) is 63.9 Å². The molecule has 2 heterocycles. The number of ether oxygens (including phenoxy) is 1. The number of halogens is 2. The van der Waals surface area contributed by atoms with E-state index in [0.717, 1.165) is 27.7 Å². The molecule has 0 atom stereocenters. The molecule has 0 aliphatic rings. The van der Waals surface area contributed by atoms with Gasteiger partial charge in [0.1, 0.15) is 12.1 Å². The van der Waals surface area contributed by atoms with E-state index in [1.807, 2.05) is 12.1 Å². The van der Waals surface area contributed by atoms with Crippen LogP contribution in [0.4, 0.5) is 0 Å². The SMILES string of the molecule is C=CCn1c(C)c(C)c2cnnc(OCc3ccc(Cl)cc3Cl)c21. The van der Waals surface area contributed by atoms with Gasteiger partial charge in [0.2, 0.25) is 0 Å². The molecule has 0 saturated heterocycles. The third kappa shape index (κ3) is 2.99. The lowest BCUT2D eigenvalue weighted by molar-refractivity contribution is 0.293. The van der Waals surface area contributed by atoms with Crippen LogP contribution in [0.3, 0.4) is 0 Å². The Labute approximate surface area is 150 Å². The van der Waals surface area contributed by atoms with Crippen LogP contribution in [0.5, 0.6) is 5.88 Å². The second kappa shape index (κ2) is 6.83. The van der Waals surface area contributed by atoms with E-state index in [-0.39, 0.29) is 0 Å². The van der Waals surface area contributed by atoms with Gasteiger partial charge in [-0.25, -0.2) is 0 Å². The molecule has 0 unspecified atom stereocenters. The van der Waals surface area contributed by atoms with Crippen molar-refractivity contribution in [1.29, 1.82) is 0 Å². The van der Waals surface area contributed by atoms with Crippen molar-refractivity contribution in [2.45, 2.75) is 27.0 Å². The smallest absolute Gasteiger partial charge is 0.258 e. The molecular weight excluding hydrogens is 345 g/mol. The van der Waals surface area contributed by atoms with E-state index < -0.39 is 0 Å². The zero-order chi connectivity index (χ0) is 17.3. The molecule has 0 spiro atoms. The summed E-state index contributed by atoms with van der Waals surface area (Å²) in [6, 6.07) is 5.33. The van der Waals surface area contributed by atoms with Crippen molar-refractivity contribution in [3.63, 3.8) is 0 Å². The van der Waals surface area contributed by atoms with Crippen LogP contribution in [0, 0.1) is 13.8 Å². The summed E-state index contributed by atoms with van der Waals surface area (Å²) in [7, 11) is 0. The molecule has 124 valence electrons. The minimum absolute atomic E-state index is 0.293. The van der Waals surface area contributed by atoms with Gasteiger partial charge in [-0.1, -0.05) is 35.3 Å². The fraction of sp³-hybridized carbons (Fsp3) is 0.222. The lowest BCUT2D eigenvalue weighted by Crippen LogP contribution is -2.04. The molecule has 0 fully saturated rings. The highest BCUT2D eigenvalue weighted by atomic mass is 35.5. The first-order chi connectivity index (χ1) is 11.5. The summed E-state index contributed by atoms with van der Waals surface area (Å²) in [5, 5.41) is 10.4. The molecule has 0 aliphatic carbocycles. The third-order valence-corrected chi connectivity index (χ3v) is 4.69. The van der Waals surface area contributed by atoms with E-state index in [1.165, 1.54) is 0 Å². The second-order valence-corrected chi connectivity index (χ2v) is 6.39. The Morgan fingerprint density at radius 2 is 2.08 bits per heavy atom. The molecule has 0 amide bonds. The minimum Gasteiger partial charge on any atom is -0.470 e. The fourth-order valence-electron chi connectivity index (χ4n) is 2.70. The average molecular weight is 362 g/mol. The molecule has 2 aromatic heterocycles. The van der Waals surface area contributed by atoms with Gasteiger partial charge in [0, 0.05) is 33.2 Å². The van der Waals surface area contributed by atoms with E-state index in [1.54, 1.807) is 18.3 Å². The van der Waals surface area contributed by atoms with Crippen molar-refractivity contribution < 1.29 is 4.74 Å². The van der Waals surface area contributed by atoms with Gasteiger partial charge in [-0.15, -0.1) is 11.7 Å². The Kier molecular flexibility index (Phi) is 4.78. The summed E-state index contributed by atoms with van der Waals surface area (Å²) >= 11 is 12.1. The van der Waals surface area contributed by atoms with Crippen LogP contribution >= 0.6 is 23.2 Å². The highest BCUT2D eigenvalue weighted by molar-refractivity contribution is 6.35. The van der Waals surface area contributed by atoms with Gasteiger partial charge in [0.15, 0.2) is 0 Å². The zero-order valence-corrected chi connectivity index (χ0v) is 15.0. The number of fused-ring (bicyclic) bond motifs is 1. The van der Waals surface area contributed by atoms with Crippen LogP contribution in [0.1, 0.15) is 16.8 Å². The Balaban J connectivity index is 2.00. The predicted octanol–water partition coefficient (Wildman–Crippen LogP) is 5.12. The number of benzene rings is 1. The maximum atomic E-state index is 6.21. The Bertz CT molecular complexity index is 918. The first kappa shape index (κ1) is 16.8. The maximum absolute atomic E-state index is 6.21. The van der Waals surface area contributed by atoms with Gasteiger partial charge in [-0.2, -0.15) is 5.10 Å². The van der Waals surface area contributed by atoms with Crippen molar-refractivity contribution in [2.75, 3.05) is 0 Å². The predicted molar refractivity (Wildman–Crippen MR) is 98.0 cm³/mol. The van der Waals surface area contributed by atoms with Crippen LogP contribution in [0.2, 0.25) is 10.0 Å². The molecule has 3 aromatic rings. The summed E-state index contributed by atoms with van der Waals surface area (Å²) < 4.78 is 8.06.